The third kappa shape index (κ3) is 3.85. The average Bonchev–Trinajstić information content (AvgIpc) is 2.83. The maximum absolute atomic E-state index is 11.8. The highest BCUT2D eigenvalue weighted by Crippen LogP contribution is 2.13. The normalized spacial score (nSPS) is 10.3. The zero-order valence-corrected chi connectivity index (χ0v) is 11.9. The van der Waals surface area contributed by atoms with Gasteiger partial charge >= 0.3 is 6.03 Å². The molecule has 106 valence electrons. The minimum Gasteiger partial charge on any atom is -0.308 e. The molecular weight excluding hydrogens is 252 g/mol. The SMILES string of the molecule is CCCCc1ccc(NC(=O)Nc2cn[nH]c2C)cc1. The van der Waals surface area contributed by atoms with E-state index < -0.39 is 0 Å². The summed E-state index contributed by atoms with van der Waals surface area (Å²) in [5.41, 5.74) is 3.59. The number of aromatic nitrogens is 2. The van der Waals surface area contributed by atoms with Crippen LogP contribution in [-0.4, -0.2) is 16.2 Å². The molecule has 0 saturated heterocycles. The number of unbranched alkanes of at least 4 members (excludes halogenated alkanes) is 1. The van der Waals surface area contributed by atoms with Crippen LogP contribution in [0.15, 0.2) is 30.5 Å². The van der Waals surface area contributed by atoms with Gasteiger partial charge in [-0.3, -0.25) is 5.10 Å². The zero-order valence-electron chi connectivity index (χ0n) is 11.9. The molecule has 0 aliphatic carbocycles. The van der Waals surface area contributed by atoms with Gasteiger partial charge in [0, 0.05) is 5.69 Å². The Labute approximate surface area is 118 Å². The van der Waals surface area contributed by atoms with E-state index in [1.807, 2.05) is 31.2 Å². The highest BCUT2D eigenvalue weighted by molar-refractivity contribution is 5.99. The number of anilines is 2. The molecule has 2 rings (SSSR count). The number of nitrogens with zero attached hydrogens (tertiary/aromatic N) is 1. The van der Waals surface area contributed by atoms with Crippen molar-refractivity contribution >= 4 is 17.4 Å². The predicted octanol–water partition coefficient (Wildman–Crippen LogP) is 3.70. The molecule has 1 aromatic heterocycles. The van der Waals surface area contributed by atoms with Crippen molar-refractivity contribution < 1.29 is 4.79 Å². The van der Waals surface area contributed by atoms with Crippen LogP contribution in [0.4, 0.5) is 16.2 Å². The molecule has 3 N–H and O–H groups in total. The van der Waals surface area contributed by atoms with Crippen LogP contribution in [0.2, 0.25) is 0 Å². The number of hydrogen-bond acceptors (Lipinski definition) is 2. The third-order valence-electron chi connectivity index (χ3n) is 3.11. The lowest BCUT2D eigenvalue weighted by Gasteiger charge is -2.07. The molecule has 0 atom stereocenters. The first-order valence-electron chi connectivity index (χ1n) is 6.86. The summed E-state index contributed by atoms with van der Waals surface area (Å²) in [4.78, 5) is 11.8. The van der Waals surface area contributed by atoms with Crippen LogP contribution < -0.4 is 10.6 Å². The van der Waals surface area contributed by atoms with Crippen LogP contribution in [0.1, 0.15) is 31.0 Å². The van der Waals surface area contributed by atoms with Crippen molar-refractivity contribution in [3.05, 3.63) is 41.7 Å². The molecule has 0 fully saturated rings. The van der Waals surface area contributed by atoms with Gasteiger partial charge in [-0.25, -0.2) is 4.79 Å². The monoisotopic (exact) mass is 272 g/mol. The summed E-state index contributed by atoms with van der Waals surface area (Å²) in [5.74, 6) is 0. The summed E-state index contributed by atoms with van der Waals surface area (Å²) in [6.07, 6.45) is 5.04. The quantitative estimate of drug-likeness (QED) is 0.776. The number of urea groups is 1. The number of amides is 2. The average molecular weight is 272 g/mol. The van der Waals surface area contributed by atoms with Crippen LogP contribution >= 0.6 is 0 Å². The van der Waals surface area contributed by atoms with Crippen molar-refractivity contribution in [3.63, 3.8) is 0 Å². The number of rotatable bonds is 5. The fraction of sp³-hybridized carbons (Fsp3) is 0.333. The van der Waals surface area contributed by atoms with Gasteiger partial charge in [-0.05, 0) is 37.5 Å². The minimum absolute atomic E-state index is 0.268. The Balaban J connectivity index is 1.89. The second kappa shape index (κ2) is 6.75. The number of carbonyl (C=O) groups is 1. The van der Waals surface area contributed by atoms with Gasteiger partial charge in [-0.1, -0.05) is 25.5 Å². The molecule has 0 aliphatic rings. The van der Waals surface area contributed by atoms with E-state index in [1.165, 1.54) is 18.4 Å². The molecule has 0 aliphatic heterocycles. The molecule has 20 heavy (non-hydrogen) atoms. The summed E-state index contributed by atoms with van der Waals surface area (Å²) in [6.45, 7) is 4.03. The Morgan fingerprint density at radius 2 is 2.00 bits per heavy atom. The molecule has 1 heterocycles. The zero-order chi connectivity index (χ0) is 14.4. The van der Waals surface area contributed by atoms with Crippen molar-refractivity contribution in [2.75, 3.05) is 10.6 Å². The Bertz CT molecular complexity index is 560. The first kappa shape index (κ1) is 14.1. The van der Waals surface area contributed by atoms with Crippen LogP contribution in [0.25, 0.3) is 0 Å². The smallest absolute Gasteiger partial charge is 0.308 e. The van der Waals surface area contributed by atoms with E-state index in [-0.39, 0.29) is 6.03 Å². The van der Waals surface area contributed by atoms with Gasteiger partial charge in [-0.15, -0.1) is 0 Å². The number of benzene rings is 1. The summed E-state index contributed by atoms with van der Waals surface area (Å²) in [5, 5.41) is 12.2. The van der Waals surface area contributed by atoms with E-state index in [0.717, 1.165) is 17.8 Å². The Morgan fingerprint density at radius 3 is 2.60 bits per heavy atom. The van der Waals surface area contributed by atoms with Crippen molar-refractivity contribution in [3.8, 4) is 0 Å². The molecule has 0 radical (unpaired) electrons. The Hall–Kier alpha value is -2.30. The molecule has 0 spiro atoms. The minimum atomic E-state index is -0.268. The summed E-state index contributed by atoms with van der Waals surface area (Å²) in [6, 6.07) is 7.68. The predicted molar refractivity (Wildman–Crippen MR) is 81.0 cm³/mol. The van der Waals surface area contributed by atoms with Gasteiger partial charge in [0.15, 0.2) is 0 Å². The number of H-pyrrole nitrogens is 1. The van der Waals surface area contributed by atoms with Crippen molar-refractivity contribution in [1.29, 1.82) is 0 Å². The lowest BCUT2D eigenvalue weighted by molar-refractivity contribution is 0.262. The van der Waals surface area contributed by atoms with Crippen LogP contribution in [0, 0.1) is 6.92 Å². The lowest BCUT2D eigenvalue weighted by atomic mass is 10.1. The van der Waals surface area contributed by atoms with Crippen LogP contribution in [-0.2, 0) is 6.42 Å². The molecule has 0 bridgehead atoms. The number of aryl methyl sites for hydroxylation is 2. The fourth-order valence-electron chi connectivity index (χ4n) is 1.90. The van der Waals surface area contributed by atoms with Gasteiger partial charge in [0.2, 0.25) is 0 Å². The first-order chi connectivity index (χ1) is 9.69. The van der Waals surface area contributed by atoms with E-state index in [1.54, 1.807) is 6.20 Å². The van der Waals surface area contributed by atoms with Crippen molar-refractivity contribution in [1.82, 2.24) is 10.2 Å². The van der Waals surface area contributed by atoms with E-state index in [0.29, 0.717) is 5.69 Å². The van der Waals surface area contributed by atoms with E-state index >= 15 is 0 Å². The van der Waals surface area contributed by atoms with E-state index in [9.17, 15) is 4.79 Å². The van der Waals surface area contributed by atoms with Gasteiger partial charge in [0.05, 0.1) is 17.6 Å². The second-order valence-electron chi connectivity index (χ2n) is 4.79. The molecule has 0 unspecified atom stereocenters. The molecule has 2 amide bonds. The number of hydrogen-bond donors (Lipinski definition) is 3. The topological polar surface area (TPSA) is 69.8 Å². The molecule has 2 aromatic rings. The first-order valence-corrected chi connectivity index (χ1v) is 6.86. The molecular formula is C15H20N4O. The molecule has 5 heteroatoms. The summed E-state index contributed by atoms with van der Waals surface area (Å²) < 4.78 is 0. The van der Waals surface area contributed by atoms with E-state index in [4.69, 9.17) is 0 Å². The number of nitrogens with one attached hydrogen (secondary N) is 3. The number of carbonyl (C=O) groups excluding carboxylic acids is 1. The summed E-state index contributed by atoms with van der Waals surface area (Å²) >= 11 is 0. The van der Waals surface area contributed by atoms with Gasteiger partial charge in [0.1, 0.15) is 0 Å². The Kier molecular flexibility index (Phi) is 4.76. The molecule has 5 nitrogen and oxygen atoms in total. The maximum atomic E-state index is 11.8. The standard InChI is InChI=1S/C15H20N4O/c1-3-4-5-12-6-8-13(9-7-12)17-15(20)18-14-10-16-19-11(14)2/h6-10H,3-5H2,1-2H3,(H,16,19)(H2,17,18,20). The van der Waals surface area contributed by atoms with Crippen LogP contribution in [0.5, 0.6) is 0 Å². The Morgan fingerprint density at radius 1 is 1.25 bits per heavy atom. The highest BCUT2D eigenvalue weighted by Gasteiger charge is 2.06. The maximum Gasteiger partial charge on any atom is 0.323 e. The third-order valence-corrected chi connectivity index (χ3v) is 3.11. The highest BCUT2D eigenvalue weighted by atomic mass is 16.2. The van der Waals surface area contributed by atoms with Gasteiger partial charge in [0.25, 0.3) is 0 Å². The van der Waals surface area contributed by atoms with Gasteiger partial charge in [-0.2, -0.15) is 5.10 Å². The summed E-state index contributed by atoms with van der Waals surface area (Å²) in [7, 11) is 0. The van der Waals surface area contributed by atoms with Crippen molar-refractivity contribution in [2.24, 2.45) is 0 Å². The molecule has 0 saturated carbocycles. The van der Waals surface area contributed by atoms with Gasteiger partial charge < -0.3 is 10.6 Å². The van der Waals surface area contributed by atoms with E-state index in [2.05, 4.69) is 27.8 Å². The second-order valence-corrected chi connectivity index (χ2v) is 4.79. The largest absolute Gasteiger partial charge is 0.323 e. The lowest BCUT2D eigenvalue weighted by Crippen LogP contribution is -2.19. The van der Waals surface area contributed by atoms with Crippen LogP contribution in [0.3, 0.4) is 0 Å². The molecule has 1 aromatic carbocycles. The van der Waals surface area contributed by atoms with Crippen molar-refractivity contribution in [2.45, 2.75) is 33.1 Å². The fourth-order valence-corrected chi connectivity index (χ4v) is 1.90. The number of aromatic amines is 1.